The van der Waals surface area contributed by atoms with Crippen LogP contribution < -0.4 is 10.8 Å². The highest BCUT2D eigenvalue weighted by Gasteiger charge is 2.23. The van der Waals surface area contributed by atoms with Gasteiger partial charge in [0, 0.05) is 17.3 Å². The Labute approximate surface area is 162 Å². The van der Waals surface area contributed by atoms with Crippen molar-refractivity contribution < 1.29 is 23.5 Å². The molecule has 0 aliphatic carbocycles. The summed E-state index contributed by atoms with van der Waals surface area (Å²) >= 11 is 7.50. The van der Waals surface area contributed by atoms with E-state index in [0.29, 0.717) is 5.39 Å². The maximum absolute atomic E-state index is 14.4. The van der Waals surface area contributed by atoms with Crippen LogP contribution in [0.15, 0.2) is 39.9 Å². The lowest BCUT2D eigenvalue weighted by atomic mass is 10.2. The summed E-state index contributed by atoms with van der Waals surface area (Å²) in [6, 6.07) is 4.68. The Morgan fingerprint density at radius 1 is 1.44 bits per heavy atom. The molecule has 0 bridgehead atoms. The zero-order chi connectivity index (χ0) is 19.4. The summed E-state index contributed by atoms with van der Waals surface area (Å²) in [5, 5.41) is 12.2. The quantitative estimate of drug-likeness (QED) is 0.309. The topological polar surface area (TPSA) is 96.6 Å². The number of thioether (sulfide) groups is 1. The van der Waals surface area contributed by atoms with Gasteiger partial charge in [0.2, 0.25) is 5.76 Å². The van der Waals surface area contributed by atoms with Gasteiger partial charge >= 0.3 is 5.91 Å². The number of amides is 1. The van der Waals surface area contributed by atoms with Crippen molar-refractivity contribution in [2.45, 2.75) is 4.90 Å². The van der Waals surface area contributed by atoms with Crippen LogP contribution in [0.4, 0.5) is 15.8 Å². The van der Waals surface area contributed by atoms with Crippen LogP contribution in [0.5, 0.6) is 0 Å². The summed E-state index contributed by atoms with van der Waals surface area (Å²) in [5.41, 5.74) is 2.72. The molecule has 0 fully saturated rings. The van der Waals surface area contributed by atoms with Gasteiger partial charge in [-0.05, 0) is 24.5 Å². The fourth-order valence-electron chi connectivity index (χ4n) is 2.33. The molecule has 2 aromatic heterocycles. The van der Waals surface area contributed by atoms with E-state index < -0.39 is 11.7 Å². The molecule has 1 aromatic carbocycles. The molecular weight excluding hydrogens is 397 g/mol. The van der Waals surface area contributed by atoms with Gasteiger partial charge in [0.25, 0.3) is 0 Å². The largest absolute Gasteiger partial charge is 0.447 e. The smallest absolute Gasteiger partial charge is 0.312 e. The van der Waals surface area contributed by atoms with E-state index >= 15 is 0 Å². The second kappa shape index (κ2) is 8.57. The molecule has 7 nitrogen and oxygen atoms in total. The Morgan fingerprint density at radius 2 is 2.26 bits per heavy atom. The molecule has 27 heavy (non-hydrogen) atoms. The first-order chi connectivity index (χ1) is 13.0. The van der Waals surface area contributed by atoms with Crippen molar-refractivity contribution in [3.8, 4) is 0 Å². The van der Waals surface area contributed by atoms with Crippen molar-refractivity contribution in [3.63, 3.8) is 0 Å². The Kier molecular flexibility index (Phi) is 6.17. The number of furan rings is 1. The average molecular weight is 412 g/mol. The number of pyridine rings is 1. The number of aliphatic hydroxyl groups excluding tert-OH is 1. The van der Waals surface area contributed by atoms with Crippen LogP contribution >= 0.6 is 23.4 Å². The van der Waals surface area contributed by atoms with Gasteiger partial charge < -0.3 is 14.8 Å². The van der Waals surface area contributed by atoms with Crippen LogP contribution in [0.3, 0.4) is 0 Å². The molecule has 0 saturated carbocycles. The van der Waals surface area contributed by atoms with E-state index in [2.05, 4.69) is 15.8 Å². The van der Waals surface area contributed by atoms with E-state index in [4.69, 9.17) is 26.0 Å². The highest BCUT2D eigenvalue weighted by atomic mass is 35.5. The van der Waals surface area contributed by atoms with Crippen molar-refractivity contribution in [2.75, 3.05) is 24.8 Å². The van der Waals surface area contributed by atoms with Gasteiger partial charge in [-0.1, -0.05) is 11.6 Å². The van der Waals surface area contributed by atoms with Crippen molar-refractivity contribution >= 4 is 51.6 Å². The van der Waals surface area contributed by atoms with Gasteiger partial charge in [-0.15, -0.1) is 11.8 Å². The summed E-state index contributed by atoms with van der Waals surface area (Å²) in [6.07, 6.45) is 4.66. The number of rotatable bonds is 7. The molecule has 0 atom stereocenters. The van der Waals surface area contributed by atoms with Gasteiger partial charge in [0.05, 0.1) is 24.3 Å². The fraction of sp³-hybridized carbons (Fsp3) is 0.176. The normalized spacial score (nSPS) is 11.0. The Hall–Kier alpha value is -2.33. The molecule has 0 unspecified atom stereocenters. The molecule has 142 valence electrons. The minimum atomic E-state index is -0.723. The molecule has 10 heteroatoms. The third-order valence-electron chi connectivity index (χ3n) is 3.55. The van der Waals surface area contributed by atoms with Crippen LogP contribution in [0.1, 0.15) is 10.6 Å². The Bertz CT molecular complexity index is 982. The molecule has 0 aliphatic heterocycles. The van der Waals surface area contributed by atoms with E-state index in [1.54, 1.807) is 12.1 Å². The second-order valence-corrected chi connectivity index (χ2v) is 6.57. The Morgan fingerprint density at radius 3 is 2.96 bits per heavy atom. The number of aliphatic hydroxyl groups is 1. The summed E-state index contributed by atoms with van der Waals surface area (Å²) in [4.78, 5) is 22.0. The fourth-order valence-corrected chi connectivity index (χ4v) is 2.95. The lowest BCUT2D eigenvalue weighted by Gasteiger charge is -2.09. The molecular formula is C17H15ClFN3O4S. The Balaban J connectivity index is 2.03. The molecule has 1 amide bonds. The molecule has 2 heterocycles. The summed E-state index contributed by atoms with van der Waals surface area (Å²) in [7, 11) is 0. The number of halogens is 2. The standard InChI is InChI=1S/C17H15ClFN3O4S/c1-27-9-2-3-13(12(19)6-9)21-14-10-7-20-8-11(18)15(10)26-16(14)17(24)22-25-5-4-23/h2-3,6-8,21,23H,4-5H2,1H3,(H,22,24). The predicted molar refractivity (Wildman–Crippen MR) is 101 cm³/mol. The van der Waals surface area contributed by atoms with E-state index in [-0.39, 0.29) is 41.0 Å². The molecule has 3 aromatic rings. The number of aromatic nitrogens is 1. The highest BCUT2D eigenvalue weighted by molar-refractivity contribution is 7.98. The van der Waals surface area contributed by atoms with Crippen molar-refractivity contribution in [3.05, 3.63) is 47.2 Å². The zero-order valence-electron chi connectivity index (χ0n) is 14.1. The maximum atomic E-state index is 14.4. The number of anilines is 2. The molecule has 3 N–H and O–H groups in total. The SMILES string of the molecule is CSc1ccc(Nc2c(C(=O)NOCCO)oc3c(Cl)cncc23)c(F)c1. The van der Waals surface area contributed by atoms with Crippen LogP contribution in [-0.2, 0) is 4.84 Å². The first-order valence-corrected chi connectivity index (χ1v) is 9.35. The monoisotopic (exact) mass is 411 g/mol. The number of nitrogens with one attached hydrogen (secondary N) is 2. The van der Waals surface area contributed by atoms with E-state index in [1.807, 2.05) is 6.26 Å². The zero-order valence-corrected chi connectivity index (χ0v) is 15.7. The van der Waals surface area contributed by atoms with Gasteiger partial charge in [0.1, 0.15) is 16.5 Å². The van der Waals surface area contributed by atoms with E-state index in [1.165, 1.54) is 30.2 Å². The molecule has 0 spiro atoms. The summed E-state index contributed by atoms with van der Waals surface area (Å²) < 4.78 is 20.0. The van der Waals surface area contributed by atoms with Crippen molar-refractivity contribution in [2.24, 2.45) is 0 Å². The second-order valence-electron chi connectivity index (χ2n) is 5.28. The van der Waals surface area contributed by atoms with Gasteiger partial charge in [-0.2, -0.15) is 0 Å². The van der Waals surface area contributed by atoms with E-state index in [9.17, 15) is 9.18 Å². The minimum absolute atomic E-state index is 0.0954. The van der Waals surface area contributed by atoms with Crippen LogP contribution in [0.2, 0.25) is 5.02 Å². The predicted octanol–water partition coefficient (Wildman–Crippen LogP) is 3.74. The molecule has 0 radical (unpaired) electrons. The van der Waals surface area contributed by atoms with Gasteiger partial charge in [-0.3, -0.25) is 14.6 Å². The molecule has 3 rings (SSSR count). The van der Waals surface area contributed by atoms with Crippen LogP contribution in [-0.4, -0.2) is 35.5 Å². The minimum Gasteiger partial charge on any atom is -0.447 e. The van der Waals surface area contributed by atoms with Gasteiger partial charge in [0.15, 0.2) is 5.58 Å². The molecule has 0 saturated heterocycles. The number of nitrogens with zero attached hydrogens (tertiary/aromatic N) is 1. The lowest BCUT2D eigenvalue weighted by molar-refractivity contribution is 0.0152. The summed E-state index contributed by atoms with van der Waals surface area (Å²) in [5.74, 6) is -1.38. The number of fused-ring (bicyclic) bond motifs is 1. The lowest BCUT2D eigenvalue weighted by Crippen LogP contribution is -2.25. The first kappa shape index (κ1) is 19.4. The third-order valence-corrected chi connectivity index (χ3v) is 4.55. The van der Waals surface area contributed by atoms with Crippen LogP contribution in [0, 0.1) is 5.82 Å². The van der Waals surface area contributed by atoms with Gasteiger partial charge in [-0.25, -0.2) is 9.87 Å². The number of carbonyl (C=O) groups is 1. The maximum Gasteiger partial charge on any atom is 0.312 e. The van der Waals surface area contributed by atoms with E-state index in [0.717, 1.165) is 4.90 Å². The number of hydroxylamine groups is 1. The highest BCUT2D eigenvalue weighted by Crippen LogP contribution is 2.37. The molecule has 0 aliphatic rings. The first-order valence-electron chi connectivity index (χ1n) is 7.74. The third kappa shape index (κ3) is 4.16. The number of carbonyl (C=O) groups excluding carboxylic acids is 1. The summed E-state index contributed by atoms with van der Waals surface area (Å²) in [6.45, 7) is -0.365. The average Bonchev–Trinajstić information content (AvgIpc) is 3.03. The number of benzene rings is 1. The van der Waals surface area contributed by atoms with Crippen molar-refractivity contribution in [1.82, 2.24) is 10.5 Å². The van der Waals surface area contributed by atoms with Crippen LogP contribution in [0.25, 0.3) is 11.0 Å². The number of hydrogen-bond donors (Lipinski definition) is 3. The number of hydrogen-bond acceptors (Lipinski definition) is 7. The van der Waals surface area contributed by atoms with Crippen molar-refractivity contribution in [1.29, 1.82) is 0 Å².